The van der Waals surface area contributed by atoms with Gasteiger partial charge in [-0.15, -0.1) is 0 Å². The first-order chi connectivity index (χ1) is 9.47. The van der Waals surface area contributed by atoms with Gasteiger partial charge in [-0.2, -0.15) is 0 Å². The van der Waals surface area contributed by atoms with Gasteiger partial charge in [0.15, 0.2) is 0 Å². The summed E-state index contributed by atoms with van der Waals surface area (Å²) in [4.78, 5) is 0. The van der Waals surface area contributed by atoms with Crippen molar-refractivity contribution < 1.29 is 9.47 Å². The normalized spacial score (nSPS) is 21.6. The number of benzene rings is 1. The van der Waals surface area contributed by atoms with Crippen LogP contribution in [0.4, 0.5) is 0 Å². The van der Waals surface area contributed by atoms with Gasteiger partial charge in [-0.25, -0.2) is 0 Å². The SMILES string of the molecule is CC(C)COc1ccc(CCC2OC2C)cc1C(C)C. The molecule has 20 heavy (non-hydrogen) atoms. The monoisotopic (exact) mass is 276 g/mol. The van der Waals surface area contributed by atoms with E-state index < -0.39 is 0 Å². The first kappa shape index (κ1) is 15.4. The maximum atomic E-state index is 5.95. The molecule has 0 spiro atoms. The van der Waals surface area contributed by atoms with Gasteiger partial charge < -0.3 is 9.47 Å². The Kier molecular flexibility index (Phi) is 5.09. The van der Waals surface area contributed by atoms with Crippen molar-refractivity contribution in [1.29, 1.82) is 0 Å². The van der Waals surface area contributed by atoms with E-state index in [0.717, 1.165) is 25.2 Å². The molecule has 0 aliphatic carbocycles. The van der Waals surface area contributed by atoms with E-state index in [1.165, 1.54) is 11.1 Å². The molecule has 1 saturated heterocycles. The molecular formula is C18H28O2. The molecular weight excluding hydrogens is 248 g/mol. The van der Waals surface area contributed by atoms with Crippen LogP contribution in [0, 0.1) is 5.92 Å². The zero-order chi connectivity index (χ0) is 14.7. The quantitative estimate of drug-likeness (QED) is 0.681. The van der Waals surface area contributed by atoms with Gasteiger partial charge in [0, 0.05) is 0 Å². The van der Waals surface area contributed by atoms with Crippen molar-refractivity contribution in [3.05, 3.63) is 29.3 Å². The minimum absolute atomic E-state index is 0.466. The Morgan fingerprint density at radius 2 is 1.90 bits per heavy atom. The average molecular weight is 276 g/mol. The third-order valence-electron chi connectivity index (χ3n) is 3.82. The van der Waals surface area contributed by atoms with Gasteiger partial charge in [0.05, 0.1) is 18.8 Å². The van der Waals surface area contributed by atoms with E-state index in [4.69, 9.17) is 9.47 Å². The lowest BCUT2D eigenvalue weighted by Crippen LogP contribution is -2.07. The lowest BCUT2D eigenvalue weighted by Gasteiger charge is -2.16. The van der Waals surface area contributed by atoms with Crippen LogP contribution in [0.5, 0.6) is 5.75 Å². The highest BCUT2D eigenvalue weighted by Gasteiger charge is 2.33. The minimum atomic E-state index is 0.466. The first-order valence-corrected chi connectivity index (χ1v) is 7.88. The Balaban J connectivity index is 2.02. The summed E-state index contributed by atoms with van der Waals surface area (Å²) in [5.41, 5.74) is 2.72. The zero-order valence-corrected chi connectivity index (χ0v) is 13.5. The smallest absolute Gasteiger partial charge is 0.122 e. The Morgan fingerprint density at radius 3 is 2.45 bits per heavy atom. The fraction of sp³-hybridized carbons (Fsp3) is 0.667. The van der Waals surface area contributed by atoms with Crippen LogP contribution in [0.1, 0.15) is 58.1 Å². The molecule has 2 nitrogen and oxygen atoms in total. The van der Waals surface area contributed by atoms with Crippen LogP contribution in [0.15, 0.2) is 18.2 Å². The van der Waals surface area contributed by atoms with Crippen molar-refractivity contribution in [2.75, 3.05) is 6.61 Å². The largest absolute Gasteiger partial charge is 0.493 e. The second-order valence-electron chi connectivity index (χ2n) is 6.65. The van der Waals surface area contributed by atoms with E-state index in [0.29, 0.717) is 24.0 Å². The molecule has 2 rings (SSSR count). The third-order valence-corrected chi connectivity index (χ3v) is 3.82. The molecule has 0 radical (unpaired) electrons. The molecule has 0 amide bonds. The second kappa shape index (κ2) is 6.62. The molecule has 1 aromatic rings. The van der Waals surface area contributed by atoms with Gasteiger partial charge in [0.2, 0.25) is 0 Å². The summed E-state index contributed by atoms with van der Waals surface area (Å²) in [5.74, 6) is 2.10. The fourth-order valence-corrected chi connectivity index (χ4v) is 2.43. The minimum Gasteiger partial charge on any atom is -0.493 e. The zero-order valence-electron chi connectivity index (χ0n) is 13.5. The van der Waals surface area contributed by atoms with Gasteiger partial charge in [-0.05, 0) is 48.8 Å². The molecule has 1 aromatic carbocycles. The summed E-state index contributed by atoms with van der Waals surface area (Å²) in [7, 11) is 0. The van der Waals surface area contributed by atoms with E-state index in [9.17, 15) is 0 Å². The number of hydrogen-bond acceptors (Lipinski definition) is 2. The molecule has 0 bridgehead atoms. The van der Waals surface area contributed by atoms with Crippen LogP contribution in [0.3, 0.4) is 0 Å². The molecule has 1 aliphatic rings. The molecule has 1 fully saturated rings. The summed E-state index contributed by atoms with van der Waals surface area (Å²) in [6, 6.07) is 6.66. The average Bonchev–Trinajstić information content (AvgIpc) is 3.10. The van der Waals surface area contributed by atoms with Crippen molar-refractivity contribution >= 4 is 0 Å². The molecule has 0 N–H and O–H groups in total. The molecule has 0 saturated carbocycles. The highest BCUT2D eigenvalue weighted by molar-refractivity contribution is 5.39. The predicted molar refractivity (Wildman–Crippen MR) is 83.5 cm³/mol. The van der Waals surface area contributed by atoms with E-state index >= 15 is 0 Å². The van der Waals surface area contributed by atoms with E-state index in [-0.39, 0.29) is 0 Å². The number of rotatable bonds is 7. The number of ether oxygens (including phenoxy) is 2. The van der Waals surface area contributed by atoms with Crippen LogP contribution in [0.2, 0.25) is 0 Å². The summed E-state index contributed by atoms with van der Waals surface area (Å²) >= 11 is 0. The molecule has 1 aliphatic heterocycles. The van der Waals surface area contributed by atoms with Gasteiger partial charge in [-0.1, -0.05) is 39.8 Å². The molecule has 1 heterocycles. The summed E-state index contributed by atoms with van der Waals surface area (Å²) < 4.78 is 11.4. The third kappa shape index (κ3) is 4.24. The molecule has 0 aromatic heterocycles. The van der Waals surface area contributed by atoms with E-state index in [1.807, 2.05) is 0 Å². The van der Waals surface area contributed by atoms with E-state index in [2.05, 4.69) is 52.8 Å². The lowest BCUT2D eigenvalue weighted by atomic mass is 9.97. The highest BCUT2D eigenvalue weighted by Crippen LogP contribution is 2.30. The topological polar surface area (TPSA) is 21.8 Å². The van der Waals surface area contributed by atoms with Crippen LogP contribution < -0.4 is 4.74 Å². The summed E-state index contributed by atoms with van der Waals surface area (Å²) in [6.07, 6.45) is 3.17. The van der Waals surface area contributed by atoms with Crippen LogP contribution in [-0.4, -0.2) is 18.8 Å². The van der Waals surface area contributed by atoms with Crippen molar-refractivity contribution in [3.63, 3.8) is 0 Å². The predicted octanol–water partition coefficient (Wildman–Crippen LogP) is 4.56. The van der Waals surface area contributed by atoms with Crippen LogP contribution in [0.25, 0.3) is 0 Å². The van der Waals surface area contributed by atoms with Crippen molar-refractivity contribution in [2.24, 2.45) is 5.92 Å². The maximum Gasteiger partial charge on any atom is 0.122 e. The molecule has 112 valence electrons. The van der Waals surface area contributed by atoms with Gasteiger partial charge in [0.25, 0.3) is 0 Å². The van der Waals surface area contributed by atoms with Crippen molar-refractivity contribution in [2.45, 2.75) is 65.6 Å². The van der Waals surface area contributed by atoms with Crippen LogP contribution in [-0.2, 0) is 11.2 Å². The van der Waals surface area contributed by atoms with Crippen molar-refractivity contribution in [3.8, 4) is 5.75 Å². The maximum absolute atomic E-state index is 5.95. The van der Waals surface area contributed by atoms with Gasteiger partial charge in [-0.3, -0.25) is 0 Å². The molecule has 2 unspecified atom stereocenters. The second-order valence-corrected chi connectivity index (χ2v) is 6.65. The molecule has 2 atom stereocenters. The van der Waals surface area contributed by atoms with Crippen molar-refractivity contribution in [1.82, 2.24) is 0 Å². The lowest BCUT2D eigenvalue weighted by molar-refractivity contribution is 0.267. The van der Waals surface area contributed by atoms with E-state index in [1.54, 1.807) is 0 Å². The van der Waals surface area contributed by atoms with Gasteiger partial charge >= 0.3 is 0 Å². The number of epoxide rings is 1. The summed E-state index contributed by atoms with van der Waals surface area (Å²) in [5, 5.41) is 0. The Hall–Kier alpha value is -1.02. The molecule has 2 heteroatoms. The Bertz CT molecular complexity index is 437. The Labute approximate surface area is 123 Å². The number of aryl methyl sites for hydroxylation is 1. The number of hydrogen-bond donors (Lipinski definition) is 0. The highest BCUT2D eigenvalue weighted by atomic mass is 16.6. The fourth-order valence-electron chi connectivity index (χ4n) is 2.43. The van der Waals surface area contributed by atoms with Gasteiger partial charge in [0.1, 0.15) is 5.75 Å². The first-order valence-electron chi connectivity index (χ1n) is 7.88. The standard InChI is InChI=1S/C18H28O2/c1-12(2)11-19-18-9-7-15(10-16(18)13(3)4)6-8-17-14(5)20-17/h7,9-10,12-14,17H,6,8,11H2,1-5H3. The van der Waals surface area contributed by atoms with Crippen LogP contribution >= 0.6 is 0 Å². The summed E-state index contributed by atoms with van der Waals surface area (Å²) in [6.45, 7) is 11.8. The Morgan fingerprint density at radius 1 is 1.20 bits per heavy atom.